The van der Waals surface area contributed by atoms with Gasteiger partial charge in [-0.25, -0.2) is 0 Å². The Morgan fingerprint density at radius 3 is 2.58 bits per heavy atom. The highest BCUT2D eigenvalue weighted by molar-refractivity contribution is 5.76. The summed E-state index contributed by atoms with van der Waals surface area (Å²) in [5.41, 5.74) is 2.37. The quantitative estimate of drug-likeness (QED) is 0.510. The highest BCUT2D eigenvalue weighted by Crippen LogP contribution is 2.67. The van der Waals surface area contributed by atoms with Gasteiger partial charge in [-0.1, -0.05) is 32.4 Å². The van der Waals surface area contributed by atoms with Crippen LogP contribution >= 0.6 is 0 Å². The average molecular weight is 430 g/mol. The Balaban J connectivity index is 1.45. The molecular formula is C28H47NO2. The number of aliphatic hydroxyl groups is 1. The molecule has 0 aromatic heterocycles. The lowest BCUT2D eigenvalue weighted by atomic mass is 9.47. The van der Waals surface area contributed by atoms with Crippen LogP contribution in [0.5, 0.6) is 0 Å². The van der Waals surface area contributed by atoms with Crippen molar-refractivity contribution in [2.45, 2.75) is 105 Å². The molecule has 4 rings (SSSR count). The monoisotopic (exact) mass is 429 g/mol. The van der Waals surface area contributed by atoms with Gasteiger partial charge in [0.15, 0.2) is 0 Å². The molecule has 1 amide bonds. The number of carbonyl (C=O) groups is 1. The molecule has 8 atom stereocenters. The highest BCUT2D eigenvalue weighted by atomic mass is 16.3. The van der Waals surface area contributed by atoms with Crippen LogP contribution in [0.1, 0.15) is 98.8 Å². The molecule has 0 aliphatic heterocycles. The molecule has 3 nitrogen and oxygen atoms in total. The number of carbonyl (C=O) groups excluding carboxylic acids is 1. The molecule has 0 bridgehead atoms. The lowest BCUT2D eigenvalue weighted by Gasteiger charge is -2.58. The third-order valence-electron chi connectivity index (χ3n) is 10.8. The molecule has 0 spiro atoms. The van der Waals surface area contributed by atoms with Gasteiger partial charge in [0.05, 0.1) is 6.10 Å². The minimum atomic E-state index is -0.111. The third kappa shape index (κ3) is 3.91. The molecule has 4 aliphatic carbocycles. The Labute approximate surface area is 191 Å². The second-order valence-electron chi connectivity index (χ2n) is 12.0. The van der Waals surface area contributed by atoms with Crippen LogP contribution < -0.4 is 0 Å². The molecule has 0 heterocycles. The number of amides is 1. The van der Waals surface area contributed by atoms with Crippen molar-refractivity contribution in [1.29, 1.82) is 0 Å². The number of hydrogen-bond acceptors (Lipinski definition) is 2. The molecule has 0 aromatic rings. The van der Waals surface area contributed by atoms with E-state index < -0.39 is 0 Å². The van der Waals surface area contributed by atoms with Crippen molar-refractivity contribution in [3.8, 4) is 0 Å². The van der Waals surface area contributed by atoms with Crippen LogP contribution in [-0.2, 0) is 4.79 Å². The van der Waals surface area contributed by atoms with Gasteiger partial charge in [-0.3, -0.25) is 4.79 Å². The zero-order valence-electron chi connectivity index (χ0n) is 20.8. The first-order valence-electron chi connectivity index (χ1n) is 13.4. The normalized spacial score (nSPS) is 42.8. The van der Waals surface area contributed by atoms with Crippen LogP contribution in [-0.4, -0.2) is 35.1 Å². The molecule has 0 saturated heterocycles. The number of nitrogens with zero attached hydrogens (tertiary/aromatic N) is 1. The molecule has 3 fully saturated rings. The van der Waals surface area contributed by atoms with Gasteiger partial charge in [-0.05, 0) is 112 Å². The van der Waals surface area contributed by atoms with E-state index in [0.29, 0.717) is 22.7 Å². The fourth-order valence-electron chi connectivity index (χ4n) is 8.90. The minimum Gasteiger partial charge on any atom is -0.393 e. The van der Waals surface area contributed by atoms with Crippen LogP contribution in [0.25, 0.3) is 0 Å². The Hall–Kier alpha value is -0.830. The predicted molar refractivity (Wildman–Crippen MR) is 128 cm³/mol. The zero-order valence-corrected chi connectivity index (χ0v) is 20.8. The van der Waals surface area contributed by atoms with Gasteiger partial charge < -0.3 is 10.0 Å². The second kappa shape index (κ2) is 8.84. The molecule has 176 valence electrons. The van der Waals surface area contributed by atoms with E-state index in [9.17, 15) is 9.90 Å². The number of fused-ring (bicyclic) bond motifs is 5. The van der Waals surface area contributed by atoms with Crippen molar-refractivity contribution in [2.75, 3.05) is 13.1 Å². The number of hydrogen-bond donors (Lipinski definition) is 1. The highest BCUT2D eigenvalue weighted by Gasteiger charge is 2.59. The fraction of sp³-hybridized carbons (Fsp3) is 0.893. The van der Waals surface area contributed by atoms with Crippen molar-refractivity contribution in [3.05, 3.63) is 11.6 Å². The fourth-order valence-corrected chi connectivity index (χ4v) is 8.90. The van der Waals surface area contributed by atoms with Gasteiger partial charge >= 0.3 is 0 Å². The van der Waals surface area contributed by atoms with E-state index in [2.05, 4.69) is 40.7 Å². The molecule has 3 saturated carbocycles. The van der Waals surface area contributed by atoms with E-state index >= 15 is 0 Å². The number of rotatable bonds is 6. The largest absolute Gasteiger partial charge is 0.393 e. The lowest BCUT2D eigenvalue weighted by molar-refractivity contribution is -0.131. The average Bonchev–Trinajstić information content (AvgIpc) is 3.10. The van der Waals surface area contributed by atoms with E-state index in [1.807, 2.05) is 4.90 Å². The summed E-state index contributed by atoms with van der Waals surface area (Å²) in [7, 11) is 0. The lowest BCUT2D eigenvalue weighted by Crippen LogP contribution is -2.50. The molecule has 4 aliphatic rings. The Morgan fingerprint density at radius 2 is 1.87 bits per heavy atom. The van der Waals surface area contributed by atoms with Crippen LogP contribution in [0.2, 0.25) is 0 Å². The summed E-state index contributed by atoms with van der Waals surface area (Å²) in [5.74, 6) is 4.25. The summed E-state index contributed by atoms with van der Waals surface area (Å²) >= 11 is 0. The van der Waals surface area contributed by atoms with Crippen LogP contribution in [0.15, 0.2) is 11.6 Å². The summed E-state index contributed by atoms with van der Waals surface area (Å²) in [5, 5.41) is 10.2. The summed E-state index contributed by atoms with van der Waals surface area (Å²) < 4.78 is 0. The maximum atomic E-state index is 12.6. The standard InChI is InChI=1S/C28H47NO2/c1-6-29(7-2)26(31)13-8-19(3)23-11-12-24-22-10-9-20-18-21(30)14-16-27(20,4)25(22)15-17-28(23,24)5/h9,19,21-25,30H,6-8,10-18H2,1-5H3/t19-,21+,22+,23-,24+,25+,27+,28-/m1/s1. The first-order chi connectivity index (χ1) is 14.7. The summed E-state index contributed by atoms with van der Waals surface area (Å²) in [6.07, 6.45) is 14.0. The summed E-state index contributed by atoms with van der Waals surface area (Å²) in [6.45, 7) is 13.4. The van der Waals surface area contributed by atoms with Crippen LogP contribution in [0.3, 0.4) is 0 Å². The first kappa shape index (κ1) is 23.3. The molecule has 0 radical (unpaired) electrons. The Bertz CT molecular complexity index is 697. The molecule has 1 N–H and O–H groups in total. The van der Waals surface area contributed by atoms with E-state index in [4.69, 9.17) is 0 Å². The molecule has 31 heavy (non-hydrogen) atoms. The SMILES string of the molecule is CCN(CC)C(=O)CC[C@@H](C)[C@H]1CC[C@H]2[C@@H]3CC=C4C[C@@H](O)CC[C@]4(C)[C@H]3CC[C@]12C. The molecular weight excluding hydrogens is 382 g/mol. The summed E-state index contributed by atoms with van der Waals surface area (Å²) in [4.78, 5) is 14.6. The van der Waals surface area contributed by atoms with E-state index in [0.717, 1.165) is 62.4 Å². The summed E-state index contributed by atoms with van der Waals surface area (Å²) in [6, 6.07) is 0. The second-order valence-corrected chi connectivity index (χ2v) is 12.0. The Kier molecular flexibility index (Phi) is 6.65. The molecule has 0 unspecified atom stereocenters. The smallest absolute Gasteiger partial charge is 0.222 e. The van der Waals surface area contributed by atoms with Gasteiger partial charge in [0, 0.05) is 19.5 Å². The van der Waals surface area contributed by atoms with E-state index in [-0.39, 0.29) is 6.10 Å². The van der Waals surface area contributed by atoms with Gasteiger partial charge in [-0.15, -0.1) is 0 Å². The van der Waals surface area contributed by atoms with Gasteiger partial charge in [0.25, 0.3) is 0 Å². The van der Waals surface area contributed by atoms with Crippen molar-refractivity contribution < 1.29 is 9.90 Å². The van der Waals surface area contributed by atoms with Crippen molar-refractivity contribution >= 4 is 5.91 Å². The Morgan fingerprint density at radius 1 is 1.13 bits per heavy atom. The predicted octanol–water partition coefficient (Wildman–Crippen LogP) is 6.21. The van der Waals surface area contributed by atoms with E-state index in [1.54, 1.807) is 5.57 Å². The maximum Gasteiger partial charge on any atom is 0.222 e. The van der Waals surface area contributed by atoms with Crippen molar-refractivity contribution in [3.63, 3.8) is 0 Å². The van der Waals surface area contributed by atoms with Crippen LogP contribution in [0, 0.1) is 40.4 Å². The van der Waals surface area contributed by atoms with Gasteiger partial charge in [0.1, 0.15) is 0 Å². The molecule has 3 heteroatoms. The van der Waals surface area contributed by atoms with Gasteiger partial charge in [-0.2, -0.15) is 0 Å². The van der Waals surface area contributed by atoms with Crippen molar-refractivity contribution in [2.24, 2.45) is 40.4 Å². The van der Waals surface area contributed by atoms with Gasteiger partial charge in [0.2, 0.25) is 5.91 Å². The number of allylic oxidation sites excluding steroid dienone is 1. The third-order valence-corrected chi connectivity index (χ3v) is 10.8. The topological polar surface area (TPSA) is 40.5 Å². The first-order valence-corrected chi connectivity index (χ1v) is 13.4. The van der Waals surface area contributed by atoms with E-state index in [1.165, 1.54) is 38.5 Å². The zero-order chi connectivity index (χ0) is 22.4. The van der Waals surface area contributed by atoms with Crippen molar-refractivity contribution in [1.82, 2.24) is 4.90 Å². The minimum absolute atomic E-state index is 0.111. The molecule has 0 aromatic carbocycles. The maximum absolute atomic E-state index is 12.6. The van der Waals surface area contributed by atoms with Crippen LogP contribution in [0.4, 0.5) is 0 Å². The number of aliphatic hydroxyl groups excluding tert-OH is 1.